The second kappa shape index (κ2) is 8.10. The Morgan fingerprint density at radius 3 is 2.41 bits per heavy atom. The zero-order valence-electron chi connectivity index (χ0n) is 15.5. The van der Waals surface area contributed by atoms with Crippen molar-refractivity contribution in [3.05, 3.63) is 59.7 Å². The Kier molecular flexibility index (Phi) is 5.82. The van der Waals surface area contributed by atoms with E-state index < -0.39 is 16.1 Å². The molecule has 0 spiro atoms. The Bertz CT molecular complexity index is 907. The van der Waals surface area contributed by atoms with E-state index in [1.807, 2.05) is 13.0 Å². The van der Waals surface area contributed by atoms with Gasteiger partial charge in [0.2, 0.25) is 15.9 Å². The van der Waals surface area contributed by atoms with E-state index in [4.69, 9.17) is 4.74 Å². The predicted octanol–water partition coefficient (Wildman–Crippen LogP) is 2.65. The van der Waals surface area contributed by atoms with E-state index >= 15 is 0 Å². The number of likely N-dealkylation sites (tertiary alicyclic amines) is 1. The lowest BCUT2D eigenvalue weighted by molar-refractivity contribution is -0.132. The Hall–Kier alpha value is -2.38. The van der Waals surface area contributed by atoms with Crippen LogP contribution in [0.1, 0.15) is 30.0 Å². The first-order valence-corrected chi connectivity index (χ1v) is 10.4. The van der Waals surface area contributed by atoms with E-state index in [0.717, 1.165) is 18.4 Å². The number of hydrogen-bond acceptors (Lipinski definition) is 4. The van der Waals surface area contributed by atoms with Crippen molar-refractivity contribution < 1.29 is 17.9 Å². The third-order valence-corrected chi connectivity index (χ3v) is 6.12. The highest BCUT2D eigenvalue weighted by atomic mass is 32.2. The second-order valence-electron chi connectivity index (χ2n) is 6.65. The largest absolute Gasteiger partial charge is 0.495 e. The van der Waals surface area contributed by atoms with Crippen LogP contribution in [0.4, 0.5) is 0 Å². The number of benzene rings is 2. The molecule has 7 heteroatoms. The molecule has 1 aliphatic heterocycles. The van der Waals surface area contributed by atoms with Crippen molar-refractivity contribution in [2.45, 2.75) is 30.7 Å². The van der Waals surface area contributed by atoms with Gasteiger partial charge in [-0.05, 0) is 43.0 Å². The molecule has 27 heavy (non-hydrogen) atoms. The van der Waals surface area contributed by atoms with Crippen LogP contribution in [0.3, 0.4) is 0 Å². The number of carbonyl (C=O) groups is 1. The number of aryl methyl sites for hydroxylation is 1. The zero-order chi connectivity index (χ0) is 19.4. The molecule has 2 aromatic rings. The average molecular weight is 388 g/mol. The fourth-order valence-electron chi connectivity index (χ4n) is 3.24. The molecule has 0 aliphatic carbocycles. The summed E-state index contributed by atoms with van der Waals surface area (Å²) in [4.78, 5) is 14.8. The van der Waals surface area contributed by atoms with Crippen molar-refractivity contribution in [2.75, 3.05) is 20.2 Å². The van der Waals surface area contributed by atoms with Gasteiger partial charge in [-0.1, -0.05) is 36.4 Å². The van der Waals surface area contributed by atoms with Gasteiger partial charge in [0.25, 0.3) is 0 Å². The molecule has 1 heterocycles. The highest BCUT2D eigenvalue weighted by Gasteiger charge is 2.32. The molecule has 1 saturated heterocycles. The number of methoxy groups -OCH3 is 1. The van der Waals surface area contributed by atoms with E-state index in [-0.39, 0.29) is 16.6 Å². The molecular weight excluding hydrogens is 364 g/mol. The monoisotopic (exact) mass is 388 g/mol. The quantitative estimate of drug-likeness (QED) is 0.825. The van der Waals surface area contributed by atoms with E-state index in [9.17, 15) is 13.2 Å². The summed E-state index contributed by atoms with van der Waals surface area (Å²) in [6, 6.07) is 12.9. The molecule has 1 aliphatic rings. The molecule has 3 rings (SSSR count). The molecule has 0 saturated carbocycles. The number of ether oxygens (including phenoxy) is 1. The normalized spacial score (nSPS) is 15.6. The third-order valence-electron chi connectivity index (χ3n) is 4.68. The van der Waals surface area contributed by atoms with Gasteiger partial charge in [-0.25, -0.2) is 8.42 Å². The van der Waals surface area contributed by atoms with Crippen molar-refractivity contribution in [1.29, 1.82) is 0 Å². The molecule has 0 bridgehead atoms. The first kappa shape index (κ1) is 19.4. The number of nitrogens with one attached hydrogen (secondary N) is 1. The van der Waals surface area contributed by atoms with Crippen LogP contribution in [-0.4, -0.2) is 39.4 Å². The van der Waals surface area contributed by atoms with Crippen LogP contribution >= 0.6 is 0 Å². The maximum absolute atomic E-state index is 13.1. The fourth-order valence-corrected chi connectivity index (χ4v) is 4.67. The van der Waals surface area contributed by atoms with Gasteiger partial charge in [0.1, 0.15) is 16.7 Å². The molecule has 1 amide bonds. The van der Waals surface area contributed by atoms with Gasteiger partial charge >= 0.3 is 0 Å². The van der Waals surface area contributed by atoms with Gasteiger partial charge in [-0.2, -0.15) is 4.72 Å². The van der Waals surface area contributed by atoms with Crippen LogP contribution in [0.5, 0.6) is 5.75 Å². The standard InChI is InChI=1S/C20H24N2O4S/c1-15-10-11-17(26-2)18(14-15)27(24,25)21-19(16-8-4-3-5-9-16)20(23)22-12-6-7-13-22/h3-5,8-11,14,19,21H,6-7,12-13H2,1-2H3/t19-/m0/s1. The number of rotatable bonds is 6. The van der Waals surface area contributed by atoms with Gasteiger partial charge in [-0.3, -0.25) is 4.79 Å². The number of amides is 1. The second-order valence-corrected chi connectivity index (χ2v) is 8.33. The summed E-state index contributed by atoms with van der Waals surface area (Å²) in [5.74, 6) is 0.0161. The van der Waals surface area contributed by atoms with Gasteiger partial charge in [0, 0.05) is 13.1 Å². The number of nitrogens with zero attached hydrogens (tertiary/aromatic N) is 1. The summed E-state index contributed by atoms with van der Waals surface area (Å²) in [7, 11) is -2.55. The van der Waals surface area contributed by atoms with Crippen molar-refractivity contribution in [2.24, 2.45) is 0 Å². The average Bonchev–Trinajstić information content (AvgIpc) is 3.21. The molecule has 1 atom stereocenters. The van der Waals surface area contributed by atoms with Gasteiger partial charge in [-0.15, -0.1) is 0 Å². The lowest BCUT2D eigenvalue weighted by Crippen LogP contribution is -2.41. The molecule has 144 valence electrons. The lowest BCUT2D eigenvalue weighted by Gasteiger charge is -2.24. The van der Waals surface area contributed by atoms with Crippen molar-refractivity contribution >= 4 is 15.9 Å². The summed E-state index contributed by atoms with van der Waals surface area (Å²) in [6.07, 6.45) is 1.87. The summed E-state index contributed by atoms with van der Waals surface area (Å²) in [5.41, 5.74) is 1.41. The summed E-state index contributed by atoms with van der Waals surface area (Å²) < 4.78 is 34.0. The van der Waals surface area contributed by atoms with Crippen LogP contribution in [0, 0.1) is 6.92 Å². The van der Waals surface area contributed by atoms with Gasteiger partial charge in [0.15, 0.2) is 0 Å². The summed E-state index contributed by atoms with van der Waals surface area (Å²) in [6.45, 7) is 3.11. The molecule has 2 aromatic carbocycles. The molecule has 0 aromatic heterocycles. The summed E-state index contributed by atoms with van der Waals surface area (Å²) >= 11 is 0. The maximum Gasteiger partial charge on any atom is 0.245 e. The number of carbonyl (C=O) groups excluding carboxylic acids is 1. The van der Waals surface area contributed by atoms with E-state index in [1.165, 1.54) is 7.11 Å². The van der Waals surface area contributed by atoms with Crippen LogP contribution in [0.15, 0.2) is 53.4 Å². The topological polar surface area (TPSA) is 75.7 Å². The maximum atomic E-state index is 13.1. The fraction of sp³-hybridized carbons (Fsp3) is 0.350. The van der Waals surface area contributed by atoms with Gasteiger partial charge < -0.3 is 9.64 Å². The third kappa shape index (κ3) is 4.31. The molecule has 0 unspecified atom stereocenters. The Labute approximate surface area is 160 Å². The molecule has 1 N–H and O–H groups in total. The van der Waals surface area contributed by atoms with Crippen molar-refractivity contribution in [3.8, 4) is 5.75 Å². The van der Waals surface area contributed by atoms with Crippen LogP contribution in [0.2, 0.25) is 0 Å². The lowest BCUT2D eigenvalue weighted by atomic mass is 10.1. The van der Waals surface area contributed by atoms with Crippen molar-refractivity contribution in [3.63, 3.8) is 0 Å². The Morgan fingerprint density at radius 2 is 1.78 bits per heavy atom. The highest BCUT2D eigenvalue weighted by molar-refractivity contribution is 7.89. The van der Waals surface area contributed by atoms with Crippen molar-refractivity contribution in [1.82, 2.24) is 9.62 Å². The molecule has 6 nitrogen and oxygen atoms in total. The SMILES string of the molecule is COc1ccc(C)cc1S(=O)(=O)N[C@H](C(=O)N1CCCC1)c1ccccc1. The molecule has 0 radical (unpaired) electrons. The summed E-state index contributed by atoms with van der Waals surface area (Å²) in [5, 5.41) is 0. The number of hydrogen-bond donors (Lipinski definition) is 1. The minimum absolute atomic E-state index is 0.0279. The smallest absolute Gasteiger partial charge is 0.245 e. The first-order chi connectivity index (χ1) is 12.9. The highest BCUT2D eigenvalue weighted by Crippen LogP contribution is 2.27. The Balaban J connectivity index is 1.98. The number of sulfonamides is 1. The predicted molar refractivity (Wildman–Crippen MR) is 103 cm³/mol. The first-order valence-electron chi connectivity index (χ1n) is 8.93. The minimum atomic E-state index is -3.97. The van der Waals surface area contributed by atoms with E-state index in [1.54, 1.807) is 47.4 Å². The van der Waals surface area contributed by atoms with E-state index in [0.29, 0.717) is 18.7 Å². The zero-order valence-corrected chi connectivity index (χ0v) is 16.3. The van der Waals surface area contributed by atoms with Crippen LogP contribution in [0.25, 0.3) is 0 Å². The van der Waals surface area contributed by atoms with E-state index in [2.05, 4.69) is 4.72 Å². The Morgan fingerprint density at radius 1 is 1.11 bits per heavy atom. The van der Waals surface area contributed by atoms with Crippen LogP contribution < -0.4 is 9.46 Å². The van der Waals surface area contributed by atoms with Crippen LogP contribution in [-0.2, 0) is 14.8 Å². The minimum Gasteiger partial charge on any atom is -0.495 e. The molecule has 1 fully saturated rings. The molecular formula is C20H24N2O4S. The van der Waals surface area contributed by atoms with Gasteiger partial charge in [0.05, 0.1) is 7.11 Å².